The highest BCUT2D eigenvalue weighted by Crippen LogP contribution is 2.21. The van der Waals surface area contributed by atoms with Gasteiger partial charge in [0.2, 0.25) is 5.91 Å². The molecule has 1 heterocycles. The lowest BCUT2D eigenvalue weighted by Crippen LogP contribution is -2.29. The summed E-state index contributed by atoms with van der Waals surface area (Å²) in [5, 5.41) is 11.9. The highest BCUT2D eigenvalue weighted by Gasteiger charge is 2.14. The number of nitrogens with zero attached hydrogens (tertiary/aromatic N) is 3. The molecule has 6 heteroatoms. The Kier molecular flexibility index (Phi) is 6.07. The first-order valence-corrected chi connectivity index (χ1v) is 9.60. The van der Waals surface area contributed by atoms with E-state index < -0.39 is 0 Å². The molecule has 0 saturated carbocycles. The van der Waals surface area contributed by atoms with Crippen molar-refractivity contribution in [2.75, 3.05) is 5.75 Å². The number of carbonyl (C=O) groups is 1. The number of para-hydroxylation sites is 1. The molecular weight excluding hydrogens is 344 g/mol. The summed E-state index contributed by atoms with van der Waals surface area (Å²) in [4.78, 5) is 12.4. The molecule has 1 unspecified atom stereocenters. The zero-order chi connectivity index (χ0) is 18.4. The predicted molar refractivity (Wildman–Crippen MR) is 104 cm³/mol. The molecule has 3 aromatic rings. The van der Waals surface area contributed by atoms with Crippen molar-refractivity contribution in [2.24, 2.45) is 0 Å². The highest BCUT2D eigenvalue weighted by atomic mass is 32.2. The number of nitrogens with one attached hydrogen (secondary N) is 1. The lowest BCUT2D eigenvalue weighted by Gasteiger charge is -2.17. The van der Waals surface area contributed by atoms with Crippen LogP contribution in [0.3, 0.4) is 0 Å². The molecule has 134 valence electrons. The number of aromatic nitrogens is 3. The van der Waals surface area contributed by atoms with E-state index in [0.29, 0.717) is 10.9 Å². The molecule has 0 aliphatic carbocycles. The van der Waals surface area contributed by atoms with Gasteiger partial charge in [-0.3, -0.25) is 9.36 Å². The third-order valence-electron chi connectivity index (χ3n) is 4.11. The maximum Gasteiger partial charge on any atom is 0.230 e. The van der Waals surface area contributed by atoms with E-state index in [2.05, 4.69) is 53.6 Å². The summed E-state index contributed by atoms with van der Waals surface area (Å²) in [6, 6.07) is 18.2. The molecule has 5 nitrogen and oxygen atoms in total. The van der Waals surface area contributed by atoms with Crippen LogP contribution in [0.4, 0.5) is 0 Å². The quantitative estimate of drug-likeness (QED) is 0.644. The SMILES string of the molecule is CCC(NC(=O)CSc1nncn1-c1ccccc1)c1ccc(C)cc1. The summed E-state index contributed by atoms with van der Waals surface area (Å²) in [5.41, 5.74) is 3.32. The maximum atomic E-state index is 12.4. The molecule has 0 spiro atoms. The maximum absolute atomic E-state index is 12.4. The van der Waals surface area contributed by atoms with Crippen LogP contribution in [0.1, 0.15) is 30.5 Å². The lowest BCUT2D eigenvalue weighted by molar-refractivity contribution is -0.119. The monoisotopic (exact) mass is 366 g/mol. The van der Waals surface area contributed by atoms with Crippen molar-refractivity contribution in [3.63, 3.8) is 0 Å². The summed E-state index contributed by atoms with van der Waals surface area (Å²) in [5.74, 6) is 0.290. The van der Waals surface area contributed by atoms with Gasteiger partial charge in [-0.1, -0.05) is 66.7 Å². The third-order valence-corrected chi connectivity index (χ3v) is 5.05. The van der Waals surface area contributed by atoms with Crippen LogP contribution in [0.25, 0.3) is 5.69 Å². The Morgan fingerprint density at radius 1 is 1.15 bits per heavy atom. The highest BCUT2D eigenvalue weighted by molar-refractivity contribution is 7.99. The molecule has 0 saturated heterocycles. The van der Waals surface area contributed by atoms with Crippen LogP contribution in [0.15, 0.2) is 66.1 Å². The molecule has 3 rings (SSSR count). The first-order valence-electron chi connectivity index (χ1n) is 8.61. The van der Waals surface area contributed by atoms with Gasteiger partial charge in [-0.2, -0.15) is 0 Å². The van der Waals surface area contributed by atoms with Gasteiger partial charge in [0.1, 0.15) is 6.33 Å². The molecule has 1 amide bonds. The molecular formula is C20H22N4OS. The fourth-order valence-corrected chi connectivity index (χ4v) is 3.41. The Morgan fingerprint density at radius 3 is 2.58 bits per heavy atom. The topological polar surface area (TPSA) is 59.8 Å². The number of aryl methyl sites for hydroxylation is 1. The first-order chi connectivity index (χ1) is 12.7. The van der Waals surface area contributed by atoms with Gasteiger partial charge in [0.15, 0.2) is 5.16 Å². The van der Waals surface area contributed by atoms with E-state index in [1.165, 1.54) is 17.3 Å². The molecule has 0 radical (unpaired) electrons. The van der Waals surface area contributed by atoms with Gasteiger partial charge >= 0.3 is 0 Å². The second-order valence-corrected chi connectivity index (χ2v) is 6.99. The zero-order valence-corrected chi connectivity index (χ0v) is 15.7. The van der Waals surface area contributed by atoms with Gasteiger partial charge in [0.05, 0.1) is 11.8 Å². The van der Waals surface area contributed by atoms with Crippen LogP contribution in [-0.2, 0) is 4.79 Å². The summed E-state index contributed by atoms with van der Waals surface area (Å²) in [7, 11) is 0. The second kappa shape index (κ2) is 8.67. The van der Waals surface area contributed by atoms with Gasteiger partial charge in [-0.05, 0) is 31.0 Å². The van der Waals surface area contributed by atoms with Crippen molar-refractivity contribution in [1.29, 1.82) is 0 Å². The van der Waals surface area contributed by atoms with E-state index in [0.717, 1.165) is 17.7 Å². The van der Waals surface area contributed by atoms with Crippen molar-refractivity contribution in [2.45, 2.75) is 31.5 Å². The molecule has 0 aliphatic rings. The molecule has 0 bridgehead atoms. The van der Waals surface area contributed by atoms with E-state index in [9.17, 15) is 4.79 Å². The minimum absolute atomic E-state index is 0.00923. The van der Waals surface area contributed by atoms with Crippen molar-refractivity contribution in [3.8, 4) is 5.69 Å². The van der Waals surface area contributed by atoms with Gasteiger partial charge in [-0.25, -0.2) is 0 Å². The molecule has 26 heavy (non-hydrogen) atoms. The number of carbonyl (C=O) groups excluding carboxylic acids is 1. The fourth-order valence-electron chi connectivity index (χ4n) is 2.67. The molecule has 2 aromatic carbocycles. The Bertz CT molecular complexity index is 846. The van der Waals surface area contributed by atoms with Gasteiger partial charge in [0, 0.05) is 5.69 Å². The van der Waals surface area contributed by atoms with Crippen LogP contribution in [-0.4, -0.2) is 26.4 Å². The van der Waals surface area contributed by atoms with Crippen LogP contribution in [0.2, 0.25) is 0 Å². The van der Waals surface area contributed by atoms with Crippen LogP contribution in [0, 0.1) is 6.92 Å². The number of amides is 1. The number of thioether (sulfide) groups is 1. The minimum atomic E-state index is -0.00923. The van der Waals surface area contributed by atoms with E-state index in [-0.39, 0.29) is 11.9 Å². The summed E-state index contributed by atoms with van der Waals surface area (Å²) in [6.45, 7) is 4.13. The van der Waals surface area contributed by atoms with E-state index >= 15 is 0 Å². The molecule has 0 aliphatic heterocycles. The van der Waals surface area contributed by atoms with Crippen LogP contribution in [0.5, 0.6) is 0 Å². The third kappa shape index (κ3) is 4.52. The number of hydrogen-bond acceptors (Lipinski definition) is 4. The number of rotatable bonds is 7. The minimum Gasteiger partial charge on any atom is -0.349 e. The average Bonchev–Trinajstić information content (AvgIpc) is 3.14. The molecule has 1 atom stereocenters. The Balaban J connectivity index is 1.61. The normalized spacial score (nSPS) is 11.9. The first kappa shape index (κ1) is 18.2. The van der Waals surface area contributed by atoms with Gasteiger partial charge < -0.3 is 5.32 Å². The van der Waals surface area contributed by atoms with Gasteiger partial charge in [0.25, 0.3) is 0 Å². The summed E-state index contributed by atoms with van der Waals surface area (Å²) in [6.07, 6.45) is 2.51. The van der Waals surface area contributed by atoms with Crippen molar-refractivity contribution >= 4 is 17.7 Å². The van der Waals surface area contributed by atoms with E-state index in [1.54, 1.807) is 6.33 Å². The molecule has 0 fully saturated rings. The number of hydrogen-bond donors (Lipinski definition) is 1. The largest absolute Gasteiger partial charge is 0.349 e. The van der Waals surface area contributed by atoms with Gasteiger partial charge in [-0.15, -0.1) is 10.2 Å². The van der Waals surface area contributed by atoms with Crippen molar-refractivity contribution < 1.29 is 4.79 Å². The van der Waals surface area contributed by atoms with E-state index in [1.807, 2.05) is 34.9 Å². The Hall–Kier alpha value is -2.60. The Morgan fingerprint density at radius 2 is 1.88 bits per heavy atom. The predicted octanol–water partition coefficient (Wildman–Crippen LogP) is 3.94. The zero-order valence-electron chi connectivity index (χ0n) is 14.9. The molecule has 1 N–H and O–H groups in total. The molecule has 1 aromatic heterocycles. The second-order valence-electron chi connectivity index (χ2n) is 6.05. The van der Waals surface area contributed by atoms with E-state index in [4.69, 9.17) is 0 Å². The van der Waals surface area contributed by atoms with Crippen molar-refractivity contribution in [1.82, 2.24) is 20.1 Å². The lowest BCUT2D eigenvalue weighted by atomic mass is 10.0. The van der Waals surface area contributed by atoms with Crippen molar-refractivity contribution in [3.05, 3.63) is 72.1 Å². The fraction of sp³-hybridized carbons (Fsp3) is 0.250. The standard InChI is InChI=1S/C20H22N4OS/c1-3-18(16-11-9-15(2)10-12-16)22-19(25)13-26-20-23-21-14-24(20)17-7-5-4-6-8-17/h4-12,14,18H,3,13H2,1-2H3,(H,22,25). The Labute approximate surface area is 157 Å². The number of benzene rings is 2. The van der Waals surface area contributed by atoms with Crippen LogP contribution >= 0.6 is 11.8 Å². The summed E-state index contributed by atoms with van der Waals surface area (Å²) >= 11 is 1.38. The van der Waals surface area contributed by atoms with Crippen LogP contribution < -0.4 is 5.32 Å². The summed E-state index contributed by atoms with van der Waals surface area (Å²) < 4.78 is 1.88. The smallest absolute Gasteiger partial charge is 0.230 e. The average molecular weight is 366 g/mol.